The molecule has 1 N–H and O–H groups in total. The van der Waals surface area contributed by atoms with Gasteiger partial charge in [-0.15, -0.1) is 0 Å². The highest BCUT2D eigenvalue weighted by atomic mass is 32.1. The molecule has 4 nitrogen and oxygen atoms in total. The Morgan fingerprint density at radius 1 is 1.45 bits per heavy atom. The van der Waals surface area contributed by atoms with Crippen LogP contribution in [0.15, 0.2) is 23.3 Å². The fourth-order valence-electron chi connectivity index (χ4n) is 2.84. The Hall–Kier alpha value is -1.62. The van der Waals surface area contributed by atoms with E-state index in [2.05, 4.69) is 52.5 Å². The van der Waals surface area contributed by atoms with Crippen molar-refractivity contribution in [3.05, 3.63) is 18.2 Å². The number of fused-ring (bicyclic) bond motifs is 1. The van der Waals surface area contributed by atoms with E-state index in [-0.39, 0.29) is 0 Å². The summed E-state index contributed by atoms with van der Waals surface area (Å²) in [7, 11) is 0. The molecule has 2 heterocycles. The molecule has 1 aromatic carbocycles. The number of anilines is 2. The smallest absolute Gasteiger partial charge is 0.204 e. The molecule has 1 aliphatic heterocycles. The van der Waals surface area contributed by atoms with Gasteiger partial charge in [0.1, 0.15) is 0 Å². The van der Waals surface area contributed by atoms with Gasteiger partial charge in [-0.05, 0) is 57.7 Å². The van der Waals surface area contributed by atoms with Crippen LogP contribution in [-0.2, 0) is 0 Å². The second-order valence-electron chi connectivity index (χ2n) is 6.02. The Balaban J connectivity index is 1.83. The van der Waals surface area contributed by atoms with Crippen LogP contribution in [0.4, 0.5) is 10.8 Å². The molecule has 0 amide bonds. The van der Waals surface area contributed by atoms with Crippen molar-refractivity contribution < 1.29 is 0 Å². The average Bonchev–Trinajstić information content (AvgIpc) is 2.95. The van der Waals surface area contributed by atoms with E-state index in [0.717, 1.165) is 29.3 Å². The van der Waals surface area contributed by atoms with Crippen molar-refractivity contribution in [2.45, 2.75) is 52.5 Å². The molecule has 0 radical (unpaired) electrons. The largest absolute Gasteiger partial charge is 0.369 e. The lowest BCUT2D eigenvalue weighted by Crippen LogP contribution is -2.37. The van der Waals surface area contributed by atoms with Crippen LogP contribution in [0.5, 0.6) is 0 Å². The lowest BCUT2D eigenvalue weighted by atomic mass is 10.0. The van der Waals surface area contributed by atoms with Crippen LogP contribution >= 0.6 is 11.3 Å². The van der Waals surface area contributed by atoms with Crippen molar-refractivity contribution in [2.75, 3.05) is 16.9 Å². The van der Waals surface area contributed by atoms with E-state index in [4.69, 9.17) is 0 Å². The number of aromatic nitrogens is 1. The number of rotatable bonds is 4. The molecule has 1 saturated heterocycles. The van der Waals surface area contributed by atoms with E-state index >= 15 is 0 Å². The van der Waals surface area contributed by atoms with Crippen LogP contribution in [0.25, 0.3) is 10.2 Å². The number of nitrogens with one attached hydrogen (secondary N) is 1. The Kier molecular flexibility index (Phi) is 4.62. The number of hydrogen-bond donors (Lipinski definition) is 1. The zero-order valence-electron chi connectivity index (χ0n) is 13.6. The van der Waals surface area contributed by atoms with Crippen molar-refractivity contribution >= 4 is 38.1 Å². The first-order valence-corrected chi connectivity index (χ1v) is 8.95. The number of thiazole rings is 1. The summed E-state index contributed by atoms with van der Waals surface area (Å²) in [6.45, 7) is 7.61. The molecule has 0 saturated carbocycles. The first-order chi connectivity index (χ1) is 10.7. The summed E-state index contributed by atoms with van der Waals surface area (Å²) in [6, 6.07) is 7.24. The molecular weight excluding hydrogens is 292 g/mol. The predicted molar refractivity (Wildman–Crippen MR) is 97.3 cm³/mol. The highest BCUT2D eigenvalue weighted by molar-refractivity contribution is 7.22. The van der Waals surface area contributed by atoms with Gasteiger partial charge in [-0.2, -0.15) is 5.10 Å². The van der Waals surface area contributed by atoms with Crippen molar-refractivity contribution in [3.8, 4) is 0 Å². The van der Waals surface area contributed by atoms with E-state index in [0.29, 0.717) is 6.04 Å². The molecule has 118 valence electrons. The maximum absolute atomic E-state index is 4.61. The fourth-order valence-corrected chi connectivity index (χ4v) is 3.69. The van der Waals surface area contributed by atoms with Crippen molar-refractivity contribution in [2.24, 2.45) is 5.10 Å². The molecule has 22 heavy (non-hydrogen) atoms. The van der Waals surface area contributed by atoms with Crippen molar-refractivity contribution in [1.82, 2.24) is 4.98 Å². The highest BCUT2D eigenvalue weighted by Gasteiger charge is 2.19. The summed E-state index contributed by atoms with van der Waals surface area (Å²) in [4.78, 5) is 7.13. The maximum Gasteiger partial charge on any atom is 0.204 e. The Morgan fingerprint density at radius 2 is 2.32 bits per heavy atom. The molecule has 1 fully saturated rings. The van der Waals surface area contributed by atoms with Gasteiger partial charge in [0, 0.05) is 24.0 Å². The van der Waals surface area contributed by atoms with E-state index < -0.39 is 0 Å². The molecule has 0 bridgehead atoms. The fraction of sp³-hybridized carbons (Fsp3) is 0.529. The minimum absolute atomic E-state index is 0.633. The second kappa shape index (κ2) is 6.65. The summed E-state index contributed by atoms with van der Waals surface area (Å²) in [6.07, 6.45) is 4.89. The lowest BCUT2D eigenvalue weighted by Gasteiger charge is -2.35. The molecule has 3 rings (SSSR count). The summed E-state index contributed by atoms with van der Waals surface area (Å²) >= 11 is 1.67. The Bertz CT molecular complexity index is 676. The van der Waals surface area contributed by atoms with E-state index in [1.54, 1.807) is 11.3 Å². The van der Waals surface area contributed by atoms with E-state index in [1.165, 1.54) is 29.6 Å². The minimum Gasteiger partial charge on any atom is -0.369 e. The van der Waals surface area contributed by atoms with E-state index in [9.17, 15) is 0 Å². The van der Waals surface area contributed by atoms with Crippen molar-refractivity contribution in [1.29, 1.82) is 0 Å². The molecule has 0 spiro atoms. The quantitative estimate of drug-likeness (QED) is 0.646. The third-order valence-corrected chi connectivity index (χ3v) is 5.28. The van der Waals surface area contributed by atoms with Gasteiger partial charge >= 0.3 is 0 Å². The van der Waals surface area contributed by atoms with Gasteiger partial charge in [-0.25, -0.2) is 4.98 Å². The highest BCUT2D eigenvalue weighted by Crippen LogP contribution is 2.32. The molecule has 5 heteroatoms. The van der Waals surface area contributed by atoms with Crippen LogP contribution in [0, 0.1) is 0 Å². The summed E-state index contributed by atoms with van der Waals surface area (Å²) < 4.78 is 1.22. The van der Waals surface area contributed by atoms with Gasteiger partial charge in [0.25, 0.3) is 0 Å². The van der Waals surface area contributed by atoms with Crippen LogP contribution < -0.4 is 10.3 Å². The topological polar surface area (TPSA) is 40.5 Å². The van der Waals surface area contributed by atoms with Gasteiger partial charge in [-0.3, -0.25) is 5.43 Å². The zero-order valence-corrected chi connectivity index (χ0v) is 14.4. The molecular formula is C17H24N4S. The molecule has 2 aromatic rings. The van der Waals surface area contributed by atoms with Crippen LogP contribution in [0.3, 0.4) is 0 Å². The predicted octanol–water partition coefficient (Wildman–Crippen LogP) is 4.87. The maximum atomic E-state index is 4.61. The first kappa shape index (κ1) is 15.3. The lowest BCUT2D eigenvalue weighted by molar-refractivity contribution is 0.485. The Labute approximate surface area is 136 Å². The minimum atomic E-state index is 0.633. The third kappa shape index (κ3) is 3.24. The van der Waals surface area contributed by atoms with Gasteiger partial charge in [0.15, 0.2) is 0 Å². The summed E-state index contributed by atoms with van der Waals surface area (Å²) in [5.74, 6) is 0. The monoisotopic (exact) mass is 316 g/mol. The molecule has 1 aromatic heterocycles. The van der Waals surface area contributed by atoms with Gasteiger partial charge < -0.3 is 4.90 Å². The number of nitrogens with zero attached hydrogens (tertiary/aromatic N) is 3. The van der Waals surface area contributed by atoms with Gasteiger partial charge in [-0.1, -0.05) is 18.3 Å². The number of hydrazone groups is 1. The number of piperidine rings is 1. The standard InChI is InChI=1S/C17H24N4S/c1-4-12(2)19-20-17-18-15-9-8-14(11-16(15)22-17)21-10-6-5-7-13(21)3/h8-9,11,13H,4-7,10H2,1-3H3,(H,18,20)/b19-12+/t13-/m1/s1. The molecule has 0 unspecified atom stereocenters. The van der Waals surface area contributed by atoms with Crippen LogP contribution in [0.2, 0.25) is 0 Å². The number of benzene rings is 1. The first-order valence-electron chi connectivity index (χ1n) is 8.14. The van der Waals surface area contributed by atoms with E-state index in [1.807, 2.05) is 6.92 Å². The molecule has 1 aliphatic rings. The normalized spacial score (nSPS) is 19.7. The van der Waals surface area contributed by atoms with Crippen molar-refractivity contribution in [3.63, 3.8) is 0 Å². The SMILES string of the molecule is CC/C(C)=N/Nc1nc2ccc(N3CCCC[C@H]3C)cc2s1. The van der Waals surface area contributed by atoms with Gasteiger partial charge in [0.2, 0.25) is 5.13 Å². The summed E-state index contributed by atoms with van der Waals surface area (Å²) in [5.41, 5.74) is 6.53. The van der Waals surface area contributed by atoms with Crippen LogP contribution in [-0.4, -0.2) is 23.3 Å². The Morgan fingerprint density at radius 3 is 3.09 bits per heavy atom. The summed E-state index contributed by atoms with van der Waals surface area (Å²) in [5, 5.41) is 5.20. The molecule has 0 aliphatic carbocycles. The van der Waals surface area contributed by atoms with Crippen LogP contribution in [0.1, 0.15) is 46.5 Å². The second-order valence-corrected chi connectivity index (χ2v) is 7.05. The van der Waals surface area contributed by atoms with Gasteiger partial charge in [0.05, 0.1) is 10.2 Å². The zero-order chi connectivity index (χ0) is 15.5. The average molecular weight is 316 g/mol. The molecule has 1 atom stereocenters. The number of hydrogen-bond acceptors (Lipinski definition) is 5. The third-order valence-electron chi connectivity index (χ3n) is 4.36.